The molecule has 1 heterocycles. The van der Waals surface area contributed by atoms with Crippen molar-refractivity contribution in [3.63, 3.8) is 0 Å². The first-order valence-electron chi connectivity index (χ1n) is 8.84. The molecule has 1 fully saturated rings. The number of carbonyl (C=O) groups is 1. The lowest BCUT2D eigenvalue weighted by atomic mass is 9.98. The molecule has 3 rings (SSSR count). The van der Waals surface area contributed by atoms with Crippen molar-refractivity contribution in [1.82, 2.24) is 4.90 Å². The third-order valence-electron chi connectivity index (χ3n) is 4.89. The van der Waals surface area contributed by atoms with Crippen molar-refractivity contribution in [2.45, 2.75) is 32.7 Å². The lowest BCUT2D eigenvalue weighted by Crippen LogP contribution is -2.46. The second kappa shape index (κ2) is 7.63. The van der Waals surface area contributed by atoms with Gasteiger partial charge in [0.05, 0.1) is 6.04 Å². The molecular formula is C21H26N2O. The van der Waals surface area contributed by atoms with E-state index in [2.05, 4.69) is 35.3 Å². The zero-order valence-corrected chi connectivity index (χ0v) is 14.5. The van der Waals surface area contributed by atoms with E-state index in [1.165, 1.54) is 12.8 Å². The zero-order chi connectivity index (χ0) is 16.9. The molecule has 0 aliphatic carbocycles. The van der Waals surface area contributed by atoms with E-state index in [1.807, 2.05) is 43.3 Å². The number of para-hydroxylation sites is 1. The molecule has 0 unspecified atom stereocenters. The minimum absolute atomic E-state index is 0.0764. The highest BCUT2D eigenvalue weighted by atomic mass is 16.2. The number of benzene rings is 2. The number of rotatable bonds is 4. The van der Waals surface area contributed by atoms with E-state index in [-0.39, 0.29) is 11.9 Å². The number of nitrogens with one attached hydrogen (secondary N) is 1. The number of carbonyl (C=O) groups excluding carboxylic acids is 1. The second-order valence-electron chi connectivity index (χ2n) is 6.82. The smallest absolute Gasteiger partial charge is 0.241 e. The van der Waals surface area contributed by atoms with E-state index in [1.54, 1.807) is 0 Å². The Morgan fingerprint density at radius 3 is 2.58 bits per heavy atom. The van der Waals surface area contributed by atoms with Crippen molar-refractivity contribution in [1.29, 1.82) is 0 Å². The third-order valence-corrected chi connectivity index (χ3v) is 4.89. The van der Waals surface area contributed by atoms with Gasteiger partial charge < -0.3 is 5.32 Å². The molecule has 0 bridgehead atoms. The minimum atomic E-state index is -0.100. The molecule has 3 nitrogen and oxygen atoms in total. The van der Waals surface area contributed by atoms with Crippen molar-refractivity contribution in [3.05, 3.63) is 54.6 Å². The fourth-order valence-electron chi connectivity index (χ4n) is 3.44. The van der Waals surface area contributed by atoms with Crippen LogP contribution < -0.4 is 5.32 Å². The summed E-state index contributed by atoms with van der Waals surface area (Å²) in [6, 6.07) is 18.1. The van der Waals surface area contributed by atoms with E-state index in [0.29, 0.717) is 5.92 Å². The molecule has 1 aliphatic rings. The van der Waals surface area contributed by atoms with Crippen LogP contribution in [-0.2, 0) is 4.79 Å². The SMILES string of the molecule is C[C@H]1CCCN([C@H](C)C(=O)Nc2ccccc2-c2ccccc2)C1. The Hall–Kier alpha value is -2.13. The van der Waals surface area contributed by atoms with Crippen LogP contribution in [0.15, 0.2) is 54.6 Å². The van der Waals surface area contributed by atoms with Crippen LogP contribution in [0, 0.1) is 5.92 Å². The summed E-state index contributed by atoms with van der Waals surface area (Å²) in [7, 11) is 0. The Kier molecular flexibility index (Phi) is 5.31. The highest BCUT2D eigenvalue weighted by molar-refractivity contribution is 5.98. The summed E-state index contributed by atoms with van der Waals surface area (Å²) >= 11 is 0. The monoisotopic (exact) mass is 322 g/mol. The van der Waals surface area contributed by atoms with Crippen molar-refractivity contribution < 1.29 is 4.79 Å². The molecule has 24 heavy (non-hydrogen) atoms. The Balaban J connectivity index is 1.75. The molecule has 0 aromatic heterocycles. The average molecular weight is 322 g/mol. The van der Waals surface area contributed by atoms with Gasteiger partial charge in [0.1, 0.15) is 0 Å². The van der Waals surface area contributed by atoms with Gasteiger partial charge in [0.2, 0.25) is 5.91 Å². The highest BCUT2D eigenvalue weighted by Crippen LogP contribution is 2.28. The summed E-state index contributed by atoms with van der Waals surface area (Å²) in [5.74, 6) is 0.748. The van der Waals surface area contributed by atoms with E-state index >= 15 is 0 Å². The van der Waals surface area contributed by atoms with E-state index in [9.17, 15) is 4.79 Å². The van der Waals surface area contributed by atoms with Gasteiger partial charge in [-0.1, -0.05) is 55.5 Å². The van der Waals surface area contributed by atoms with Gasteiger partial charge in [-0.25, -0.2) is 0 Å². The zero-order valence-electron chi connectivity index (χ0n) is 14.5. The lowest BCUT2D eigenvalue weighted by molar-refractivity contribution is -0.121. The van der Waals surface area contributed by atoms with E-state index in [4.69, 9.17) is 0 Å². The van der Waals surface area contributed by atoms with Crippen LogP contribution >= 0.6 is 0 Å². The first-order chi connectivity index (χ1) is 11.6. The summed E-state index contributed by atoms with van der Waals surface area (Å²) in [5, 5.41) is 3.14. The van der Waals surface area contributed by atoms with Crippen LogP contribution in [-0.4, -0.2) is 29.9 Å². The molecule has 0 spiro atoms. The van der Waals surface area contributed by atoms with Crippen LogP contribution in [0.25, 0.3) is 11.1 Å². The maximum absolute atomic E-state index is 12.7. The summed E-state index contributed by atoms with van der Waals surface area (Å²) in [6.45, 7) is 6.30. The van der Waals surface area contributed by atoms with Crippen LogP contribution in [0.2, 0.25) is 0 Å². The number of anilines is 1. The second-order valence-corrected chi connectivity index (χ2v) is 6.82. The maximum atomic E-state index is 12.7. The molecule has 3 heteroatoms. The van der Waals surface area contributed by atoms with Gasteiger partial charge >= 0.3 is 0 Å². The topological polar surface area (TPSA) is 32.3 Å². The number of hydrogen-bond donors (Lipinski definition) is 1. The summed E-state index contributed by atoms with van der Waals surface area (Å²) < 4.78 is 0. The fourth-order valence-corrected chi connectivity index (χ4v) is 3.44. The van der Waals surface area contributed by atoms with Crippen LogP contribution in [0.3, 0.4) is 0 Å². The molecule has 0 saturated carbocycles. The molecule has 2 atom stereocenters. The summed E-state index contributed by atoms with van der Waals surface area (Å²) in [6.07, 6.45) is 2.45. The molecule has 2 aromatic carbocycles. The van der Waals surface area contributed by atoms with Gasteiger partial charge in [-0.05, 0) is 43.9 Å². The Morgan fingerprint density at radius 2 is 1.83 bits per heavy atom. The predicted octanol–water partition coefficient (Wildman–Crippen LogP) is 4.41. The van der Waals surface area contributed by atoms with Gasteiger partial charge in [-0.2, -0.15) is 0 Å². The average Bonchev–Trinajstić information content (AvgIpc) is 2.62. The van der Waals surface area contributed by atoms with Gasteiger partial charge in [-0.15, -0.1) is 0 Å². The summed E-state index contributed by atoms with van der Waals surface area (Å²) in [5.41, 5.74) is 3.06. The molecular weight excluding hydrogens is 296 g/mol. The van der Waals surface area contributed by atoms with E-state index < -0.39 is 0 Å². The van der Waals surface area contributed by atoms with Crippen molar-refractivity contribution in [2.75, 3.05) is 18.4 Å². The normalized spacial score (nSPS) is 19.7. The van der Waals surface area contributed by atoms with Gasteiger partial charge in [0.15, 0.2) is 0 Å². The quantitative estimate of drug-likeness (QED) is 0.904. The molecule has 2 aromatic rings. The first-order valence-corrected chi connectivity index (χ1v) is 8.84. The fraction of sp³-hybridized carbons (Fsp3) is 0.381. The minimum Gasteiger partial charge on any atom is -0.324 e. The number of nitrogens with zero attached hydrogens (tertiary/aromatic N) is 1. The molecule has 1 N–H and O–H groups in total. The standard InChI is InChI=1S/C21H26N2O/c1-16-9-8-14-23(15-16)17(2)21(24)22-20-13-7-6-12-19(20)18-10-4-3-5-11-18/h3-7,10-13,16-17H,8-9,14-15H2,1-2H3,(H,22,24)/t16-,17+/m0/s1. The number of amides is 1. The molecule has 1 amide bonds. The molecule has 126 valence electrons. The van der Waals surface area contributed by atoms with Crippen LogP contribution in [0.4, 0.5) is 5.69 Å². The van der Waals surface area contributed by atoms with Crippen molar-refractivity contribution >= 4 is 11.6 Å². The Labute approximate surface area is 144 Å². The van der Waals surface area contributed by atoms with Gasteiger partial charge in [0, 0.05) is 17.8 Å². The lowest BCUT2D eigenvalue weighted by Gasteiger charge is -2.34. The summed E-state index contributed by atoms with van der Waals surface area (Å²) in [4.78, 5) is 15.0. The van der Waals surface area contributed by atoms with E-state index in [0.717, 1.165) is 29.9 Å². The molecule has 0 radical (unpaired) electrons. The van der Waals surface area contributed by atoms with Crippen LogP contribution in [0.1, 0.15) is 26.7 Å². The molecule has 1 aliphatic heterocycles. The Morgan fingerprint density at radius 1 is 1.12 bits per heavy atom. The largest absolute Gasteiger partial charge is 0.324 e. The first kappa shape index (κ1) is 16.7. The third kappa shape index (κ3) is 3.85. The number of piperidine rings is 1. The Bertz CT molecular complexity index is 683. The number of likely N-dealkylation sites (tertiary alicyclic amines) is 1. The maximum Gasteiger partial charge on any atom is 0.241 e. The van der Waals surface area contributed by atoms with Gasteiger partial charge in [0.25, 0.3) is 0 Å². The number of hydrogen-bond acceptors (Lipinski definition) is 2. The van der Waals surface area contributed by atoms with Crippen molar-refractivity contribution in [3.8, 4) is 11.1 Å². The van der Waals surface area contributed by atoms with Crippen LogP contribution in [0.5, 0.6) is 0 Å². The predicted molar refractivity (Wildman–Crippen MR) is 99.9 cm³/mol. The molecule has 1 saturated heterocycles. The highest BCUT2D eigenvalue weighted by Gasteiger charge is 2.26. The van der Waals surface area contributed by atoms with Crippen molar-refractivity contribution in [2.24, 2.45) is 5.92 Å². The van der Waals surface area contributed by atoms with Gasteiger partial charge in [-0.3, -0.25) is 9.69 Å².